The van der Waals surface area contributed by atoms with Crippen molar-refractivity contribution < 1.29 is 0 Å². The molecule has 1 aromatic heterocycles. The molecule has 2 aromatic rings. The van der Waals surface area contributed by atoms with E-state index >= 15 is 0 Å². The minimum absolute atomic E-state index is 0.411. The second-order valence-corrected chi connectivity index (χ2v) is 5.17. The number of rotatable bonds is 1. The smallest absolute Gasteiger partial charge is 0.230 e. The van der Waals surface area contributed by atoms with Crippen LogP contribution in [0.4, 0.5) is 11.6 Å². The normalized spacial score (nSPS) is 18.2. The van der Waals surface area contributed by atoms with Crippen LogP contribution in [0.1, 0.15) is 12.5 Å². The third-order valence-electron chi connectivity index (χ3n) is 3.03. The van der Waals surface area contributed by atoms with Crippen molar-refractivity contribution in [2.24, 2.45) is 0 Å². The van der Waals surface area contributed by atoms with Crippen molar-refractivity contribution in [1.29, 1.82) is 0 Å². The largest absolute Gasteiger partial charge is 0.307 e. The number of aromatic nitrogens is 2. The van der Waals surface area contributed by atoms with Crippen molar-refractivity contribution in [1.82, 2.24) is 9.97 Å². The Bertz CT molecular complexity index is 539. The predicted octanol–water partition coefficient (Wildman–Crippen LogP) is 3.32. The first-order valence-electron chi connectivity index (χ1n) is 5.60. The molecular weight excluding hydrogens is 278 g/mol. The van der Waals surface area contributed by atoms with Gasteiger partial charge < -0.3 is 4.90 Å². The molecule has 17 heavy (non-hydrogen) atoms. The van der Waals surface area contributed by atoms with E-state index in [-0.39, 0.29) is 0 Å². The fraction of sp³-hybridized carbons (Fsp3) is 0.231. The van der Waals surface area contributed by atoms with Crippen LogP contribution in [0.2, 0.25) is 0 Å². The van der Waals surface area contributed by atoms with E-state index in [4.69, 9.17) is 0 Å². The maximum atomic E-state index is 4.38. The average Bonchev–Trinajstić information content (AvgIpc) is 2.66. The van der Waals surface area contributed by atoms with E-state index in [0.29, 0.717) is 6.04 Å². The first-order chi connectivity index (χ1) is 8.25. The minimum atomic E-state index is 0.411. The Labute approximate surface area is 109 Å². The second kappa shape index (κ2) is 4.11. The third-order valence-corrected chi connectivity index (χ3v) is 3.44. The lowest BCUT2D eigenvalue weighted by Crippen LogP contribution is -2.25. The number of halogens is 1. The van der Waals surface area contributed by atoms with Gasteiger partial charge in [0.15, 0.2) is 0 Å². The molecule has 3 nitrogen and oxygen atoms in total. The number of fused-ring (bicyclic) bond motifs is 1. The van der Waals surface area contributed by atoms with Gasteiger partial charge in [-0.1, -0.05) is 18.2 Å². The second-order valence-electron chi connectivity index (χ2n) is 4.25. The first-order valence-corrected chi connectivity index (χ1v) is 6.39. The van der Waals surface area contributed by atoms with Crippen LogP contribution in [-0.2, 0) is 6.42 Å². The predicted molar refractivity (Wildman–Crippen MR) is 71.5 cm³/mol. The summed E-state index contributed by atoms with van der Waals surface area (Å²) in [4.78, 5) is 11.0. The Hall–Kier alpha value is -1.42. The molecule has 0 radical (unpaired) electrons. The zero-order valence-electron chi connectivity index (χ0n) is 9.47. The summed E-state index contributed by atoms with van der Waals surface area (Å²) in [5.74, 6) is 0.769. The number of para-hydroxylation sites is 1. The summed E-state index contributed by atoms with van der Waals surface area (Å²) in [6.07, 6.45) is 4.63. The average molecular weight is 290 g/mol. The summed E-state index contributed by atoms with van der Waals surface area (Å²) in [6.45, 7) is 2.20. The van der Waals surface area contributed by atoms with Crippen LogP contribution >= 0.6 is 15.9 Å². The van der Waals surface area contributed by atoms with Gasteiger partial charge in [0.25, 0.3) is 0 Å². The standard InChI is InChI=1S/C13H12BrN3/c1-9-6-10-4-2-3-5-12(10)17(9)13-15-7-11(14)8-16-13/h2-5,7-9H,6H2,1H3. The highest BCUT2D eigenvalue weighted by atomic mass is 79.9. The van der Waals surface area contributed by atoms with Gasteiger partial charge in [0.1, 0.15) is 0 Å². The highest BCUT2D eigenvalue weighted by molar-refractivity contribution is 9.10. The summed E-state index contributed by atoms with van der Waals surface area (Å²) >= 11 is 3.36. The maximum absolute atomic E-state index is 4.38. The highest BCUT2D eigenvalue weighted by Crippen LogP contribution is 2.36. The van der Waals surface area contributed by atoms with Gasteiger partial charge in [-0.25, -0.2) is 9.97 Å². The summed E-state index contributed by atoms with van der Waals surface area (Å²) in [5.41, 5.74) is 2.59. The van der Waals surface area contributed by atoms with E-state index in [0.717, 1.165) is 16.8 Å². The molecule has 3 rings (SSSR count). The molecule has 0 spiro atoms. The lowest BCUT2D eigenvalue weighted by molar-refractivity contribution is 0.739. The van der Waals surface area contributed by atoms with Gasteiger partial charge in [0.05, 0.1) is 4.47 Å². The fourth-order valence-corrected chi connectivity index (χ4v) is 2.50. The zero-order valence-corrected chi connectivity index (χ0v) is 11.1. The van der Waals surface area contributed by atoms with Crippen LogP contribution in [0, 0.1) is 0 Å². The van der Waals surface area contributed by atoms with Crippen LogP contribution in [0.25, 0.3) is 0 Å². The van der Waals surface area contributed by atoms with Crippen molar-refractivity contribution in [2.45, 2.75) is 19.4 Å². The van der Waals surface area contributed by atoms with Crippen LogP contribution in [0.15, 0.2) is 41.1 Å². The molecule has 0 saturated carbocycles. The van der Waals surface area contributed by atoms with Crippen LogP contribution in [-0.4, -0.2) is 16.0 Å². The topological polar surface area (TPSA) is 29.0 Å². The van der Waals surface area contributed by atoms with Crippen LogP contribution in [0.5, 0.6) is 0 Å². The summed E-state index contributed by atoms with van der Waals surface area (Å²) < 4.78 is 0.904. The molecule has 4 heteroatoms. The van der Waals surface area contributed by atoms with Gasteiger partial charge in [0, 0.05) is 24.1 Å². The van der Waals surface area contributed by atoms with Gasteiger partial charge in [-0.15, -0.1) is 0 Å². The lowest BCUT2D eigenvalue weighted by Gasteiger charge is -2.22. The number of benzene rings is 1. The molecule has 1 aliphatic heterocycles. The molecule has 86 valence electrons. The van der Waals surface area contributed by atoms with Gasteiger partial charge in [-0.2, -0.15) is 0 Å². The molecule has 0 bridgehead atoms. The molecule has 1 aromatic carbocycles. The molecule has 0 saturated heterocycles. The van der Waals surface area contributed by atoms with E-state index in [1.165, 1.54) is 11.3 Å². The minimum Gasteiger partial charge on any atom is -0.307 e. The lowest BCUT2D eigenvalue weighted by atomic mass is 10.1. The number of hydrogen-bond acceptors (Lipinski definition) is 3. The van der Waals surface area contributed by atoms with E-state index in [9.17, 15) is 0 Å². The van der Waals surface area contributed by atoms with Gasteiger partial charge >= 0.3 is 0 Å². The number of nitrogens with zero attached hydrogens (tertiary/aromatic N) is 3. The zero-order chi connectivity index (χ0) is 11.8. The Kier molecular flexibility index (Phi) is 2.59. The molecule has 1 atom stereocenters. The van der Waals surface area contributed by atoms with Gasteiger partial charge in [-0.3, -0.25) is 0 Å². The van der Waals surface area contributed by atoms with Gasteiger partial charge in [-0.05, 0) is 40.9 Å². The summed E-state index contributed by atoms with van der Waals surface area (Å²) in [6, 6.07) is 8.85. The molecular formula is C13H12BrN3. The number of anilines is 2. The Morgan fingerprint density at radius 2 is 1.94 bits per heavy atom. The Morgan fingerprint density at radius 3 is 2.71 bits per heavy atom. The fourth-order valence-electron chi connectivity index (χ4n) is 2.30. The molecule has 0 N–H and O–H groups in total. The van der Waals surface area contributed by atoms with Crippen molar-refractivity contribution in [3.63, 3.8) is 0 Å². The van der Waals surface area contributed by atoms with Gasteiger partial charge in [0.2, 0.25) is 5.95 Å². The first kappa shape index (κ1) is 10.7. The third kappa shape index (κ3) is 1.82. The van der Waals surface area contributed by atoms with Crippen LogP contribution in [0.3, 0.4) is 0 Å². The van der Waals surface area contributed by atoms with E-state index in [1.807, 2.05) is 0 Å². The van der Waals surface area contributed by atoms with E-state index in [1.54, 1.807) is 12.4 Å². The van der Waals surface area contributed by atoms with Crippen molar-refractivity contribution in [2.75, 3.05) is 4.90 Å². The van der Waals surface area contributed by atoms with Crippen molar-refractivity contribution in [3.8, 4) is 0 Å². The summed E-state index contributed by atoms with van der Waals surface area (Å²) in [5, 5.41) is 0. The van der Waals surface area contributed by atoms with Crippen molar-refractivity contribution >= 4 is 27.6 Å². The monoisotopic (exact) mass is 289 g/mol. The molecule has 2 heterocycles. The molecule has 1 unspecified atom stereocenters. The molecule has 0 fully saturated rings. The SMILES string of the molecule is CC1Cc2ccccc2N1c1ncc(Br)cn1. The molecule has 1 aliphatic rings. The van der Waals surface area contributed by atoms with E-state index < -0.39 is 0 Å². The molecule has 0 aliphatic carbocycles. The summed E-state index contributed by atoms with van der Waals surface area (Å²) in [7, 11) is 0. The highest BCUT2D eigenvalue weighted by Gasteiger charge is 2.28. The number of hydrogen-bond donors (Lipinski definition) is 0. The van der Waals surface area contributed by atoms with Crippen molar-refractivity contribution in [3.05, 3.63) is 46.7 Å². The van der Waals surface area contributed by atoms with E-state index in [2.05, 4.69) is 62.0 Å². The Balaban J connectivity index is 2.06. The maximum Gasteiger partial charge on any atom is 0.230 e. The Morgan fingerprint density at radius 1 is 1.24 bits per heavy atom. The molecule has 0 amide bonds. The quantitative estimate of drug-likeness (QED) is 0.806. The van der Waals surface area contributed by atoms with Crippen LogP contribution < -0.4 is 4.90 Å².